The number of nitrogens with one attached hydrogen (secondary N) is 6. The molecule has 0 aromatic heterocycles. The molecule has 2 unspecified atom stereocenters. The van der Waals surface area contributed by atoms with Gasteiger partial charge in [0.15, 0.2) is 0 Å². The summed E-state index contributed by atoms with van der Waals surface area (Å²) < 4.78 is 69.9. The molecule has 0 radical (unpaired) electrons. The number of hydrogen-bond donors (Lipinski definition) is 6. The normalized spacial score (nSPS) is 19.3. The number of amides is 6. The molecular formula is C58H72Cl2N12O10S2. The van der Waals surface area contributed by atoms with Crippen molar-refractivity contribution in [1.82, 2.24) is 50.3 Å². The number of halogens is 2. The van der Waals surface area contributed by atoms with Gasteiger partial charge in [0.05, 0.1) is 71.3 Å². The van der Waals surface area contributed by atoms with Crippen molar-refractivity contribution in [3.05, 3.63) is 127 Å². The first-order valence-corrected chi connectivity index (χ1v) is 31.8. The van der Waals surface area contributed by atoms with Crippen LogP contribution in [0.15, 0.2) is 82.6 Å². The number of fused-ring (bicyclic) bond motifs is 2. The molecule has 0 bridgehead atoms. The van der Waals surface area contributed by atoms with Gasteiger partial charge >= 0.3 is 12.1 Å². The third-order valence-corrected chi connectivity index (χ3v) is 18.7. The monoisotopic (exact) mass is 1230 g/mol. The quantitative estimate of drug-likeness (QED) is 0.0506. The highest BCUT2D eigenvalue weighted by molar-refractivity contribution is 7.90. The average Bonchev–Trinajstić information content (AvgIpc) is 3.31. The van der Waals surface area contributed by atoms with Crippen LogP contribution >= 0.6 is 23.2 Å². The first-order valence-electron chi connectivity index (χ1n) is 28.1. The van der Waals surface area contributed by atoms with Gasteiger partial charge in [0.2, 0.25) is 11.8 Å². The summed E-state index contributed by atoms with van der Waals surface area (Å²) in [5, 5.41) is 31.4. The fraction of sp³-hybridized carbons (Fsp3) is 0.483. The molecule has 84 heavy (non-hydrogen) atoms. The van der Waals surface area contributed by atoms with Gasteiger partial charge in [-0.25, -0.2) is 35.9 Å². The lowest BCUT2D eigenvalue weighted by Crippen LogP contribution is -2.39. The number of nitrogens with zero attached hydrogens (tertiary/aromatic N) is 6. The van der Waals surface area contributed by atoms with Gasteiger partial charge in [-0.3, -0.25) is 9.59 Å². The summed E-state index contributed by atoms with van der Waals surface area (Å²) in [6.45, 7) is 7.98. The van der Waals surface area contributed by atoms with Gasteiger partial charge in [-0.2, -0.15) is 10.5 Å². The smallest absolute Gasteiger partial charge is 0.314 e. The van der Waals surface area contributed by atoms with E-state index >= 15 is 0 Å². The molecule has 4 aliphatic rings. The summed E-state index contributed by atoms with van der Waals surface area (Å²) in [6.07, 6.45) is 2.26. The van der Waals surface area contributed by atoms with E-state index in [4.69, 9.17) is 32.7 Å². The lowest BCUT2D eigenvalue weighted by Gasteiger charge is -2.33. The Morgan fingerprint density at radius 3 is 1.38 bits per heavy atom. The molecule has 22 nitrogen and oxygen atoms in total. The van der Waals surface area contributed by atoms with Gasteiger partial charge in [-0.1, -0.05) is 47.5 Å². The molecule has 4 atom stereocenters. The lowest BCUT2D eigenvalue weighted by atomic mass is 9.83. The summed E-state index contributed by atoms with van der Waals surface area (Å²) in [5.74, 6) is -2.63. The van der Waals surface area contributed by atoms with Crippen molar-refractivity contribution in [2.24, 2.45) is 11.8 Å². The molecule has 0 spiro atoms. The predicted octanol–water partition coefficient (Wildman–Crippen LogP) is 4.26. The minimum Gasteiger partial charge on any atom is -0.378 e. The predicted molar refractivity (Wildman–Crippen MR) is 315 cm³/mol. The second kappa shape index (κ2) is 29.6. The highest BCUT2D eigenvalue weighted by Gasteiger charge is 2.35. The molecule has 6 amide bonds. The van der Waals surface area contributed by atoms with Crippen LogP contribution in [0.3, 0.4) is 0 Å². The van der Waals surface area contributed by atoms with E-state index in [-0.39, 0.29) is 60.0 Å². The number of hydrogen-bond acceptors (Lipinski definition) is 16. The molecule has 4 aromatic carbocycles. The number of nitriles is 2. The Balaban J connectivity index is 0.615. The van der Waals surface area contributed by atoms with Crippen molar-refractivity contribution >= 4 is 67.1 Å². The highest BCUT2D eigenvalue weighted by Crippen LogP contribution is 2.39. The third-order valence-electron chi connectivity index (χ3n) is 15.6. The SMILES string of the molecule is CN1Cc2c(C#N)cc(Cl)cc2C(c2cccc(S(=O)(=O)NC(=O)[C@@H]3CCN(CCOCCNC(=O)NCCCCNC(=O)NCCOCCN4CC[C@@H](C(=O)NS(=O)(=O)c5cccc(C6CN(C)Cc7c(C#N)cc(Cl)cc76)c5)C4)C3)c2)C1. The van der Waals surface area contributed by atoms with E-state index in [1.807, 2.05) is 48.2 Å². The molecular weight excluding hydrogens is 1160 g/mol. The number of sulfonamides is 2. The fourth-order valence-corrected chi connectivity index (χ4v) is 13.9. The van der Waals surface area contributed by atoms with Crippen LogP contribution in [0, 0.1) is 34.5 Å². The zero-order valence-corrected chi connectivity index (χ0v) is 50.3. The molecule has 4 heterocycles. The molecule has 450 valence electrons. The van der Waals surface area contributed by atoms with Crippen molar-refractivity contribution in [3.8, 4) is 12.1 Å². The molecule has 0 saturated carbocycles. The maximum atomic E-state index is 13.5. The van der Waals surface area contributed by atoms with E-state index in [0.717, 1.165) is 33.4 Å². The van der Waals surface area contributed by atoms with Crippen molar-refractivity contribution in [2.75, 3.05) is 119 Å². The van der Waals surface area contributed by atoms with E-state index < -0.39 is 43.7 Å². The Labute approximate surface area is 501 Å². The van der Waals surface area contributed by atoms with Crippen LogP contribution < -0.4 is 30.7 Å². The Bertz CT molecular complexity index is 3140. The van der Waals surface area contributed by atoms with Gasteiger partial charge in [0.1, 0.15) is 0 Å². The number of likely N-dealkylation sites (N-methyl/N-ethyl adjacent to an activating group) is 2. The van der Waals surface area contributed by atoms with Crippen LogP contribution in [0.25, 0.3) is 0 Å². The standard InChI is InChI=1S/C58H72Cl2N12O10S2/c1-69-35-51(49-29-45(59)25-43(31-61)53(49)37-69)39-7-5-9-47(27-39)83(77,78)67-55(73)41-11-17-71(33-41)19-23-81-21-15-65-57(75)63-13-3-4-14-64-58(76)66-16-22-82-24-20-72-18-12-42(34-72)56(74)68-84(79,80)48-10-6-8-40(28-48)52-36-70(2)38-54-44(32-62)26-46(60)30-50(52)54/h5-10,25-30,41-42,51-52H,3-4,11-24,33-38H2,1-2H3,(H,67,73)(H,68,74)(H2,63,65,75)(H2,64,66,76)/t41-,42-,51?,52?/m1/s1. The van der Waals surface area contributed by atoms with Crippen LogP contribution in [-0.4, -0.2) is 179 Å². The zero-order valence-electron chi connectivity index (χ0n) is 47.1. The fourth-order valence-electron chi connectivity index (χ4n) is 11.2. The summed E-state index contributed by atoms with van der Waals surface area (Å²) in [4.78, 5) is 59.2. The van der Waals surface area contributed by atoms with E-state index in [1.54, 1.807) is 36.4 Å². The van der Waals surface area contributed by atoms with Crippen LogP contribution in [0.2, 0.25) is 10.0 Å². The maximum absolute atomic E-state index is 13.5. The van der Waals surface area contributed by atoms with Gasteiger partial charge in [0.25, 0.3) is 20.0 Å². The highest BCUT2D eigenvalue weighted by atomic mass is 35.5. The molecule has 26 heteroatoms. The van der Waals surface area contributed by atoms with Gasteiger partial charge < -0.3 is 50.3 Å². The number of urea groups is 2. The number of carbonyl (C=O) groups is 4. The van der Waals surface area contributed by atoms with E-state index in [9.17, 15) is 46.5 Å². The summed E-state index contributed by atoms with van der Waals surface area (Å²) >= 11 is 12.7. The molecule has 6 N–H and O–H groups in total. The zero-order chi connectivity index (χ0) is 60.0. The van der Waals surface area contributed by atoms with Crippen LogP contribution in [0.1, 0.15) is 82.0 Å². The Kier molecular flexibility index (Phi) is 22.4. The first kappa shape index (κ1) is 63.6. The lowest BCUT2D eigenvalue weighted by molar-refractivity contribution is -0.123. The molecule has 0 aliphatic carbocycles. The van der Waals surface area contributed by atoms with Crippen molar-refractivity contribution in [2.45, 2.75) is 60.4 Å². The first-order chi connectivity index (χ1) is 40.3. The van der Waals surface area contributed by atoms with Crippen LogP contribution in [0.4, 0.5) is 9.59 Å². The third kappa shape index (κ3) is 17.1. The Hall–Kier alpha value is -6.42. The van der Waals surface area contributed by atoms with E-state index in [1.165, 1.54) is 12.1 Å². The molecule has 2 saturated heterocycles. The molecule has 8 rings (SSSR count). The second-order valence-electron chi connectivity index (χ2n) is 21.7. The van der Waals surface area contributed by atoms with Crippen LogP contribution in [0.5, 0.6) is 0 Å². The number of rotatable bonds is 25. The topological polar surface area (TPSA) is 288 Å². The van der Waals surface area contributed by atoms with Crippen LogP contribution in [-0.2, 0) is 52.2 Å². The Morgan fingerprint density at radius 1 is 0.571 bits per heavy atom. The van der Waals surface area contributed by atoms with Gasteiger partial charge in [-0.05, 0) is 135 Å². The number of carbonyl (C=O) groups excluding carboxylic acids is 4. The number of likely N-dealkylation sites (tertiary alicyclic amines) is 2. The second-order valence-corrected chi connectivity index (χ2v) is 26.0. The van der Waals surface area contributed by atoms with Gasteiger partial charge in [-0.15, -0.1) is 0 Å². The minimum absolute atomic E-state index is 0.0244. The largest absolute Gasteiger partial charge is 0.378 e. The summed E-state index contributed by atoms with van der Waals surface area (Å²) in [6, 6.07) is 23.8. The minimum atomic E-state index is -4.18. The molecule has 4 aliphatic heterocycles. The number of ether oxygens (including phenoxy) is 2. The summed E-state index contributed by atoms with van der Waals surface area (Å²) in [7, 11) is -4.47. The van der Waals surface area contributed by atoms with Crippen molar-refractivity contribution in [3.63, 3.8) is 0 Å². The van der Waals surface area contributed by atoms with Crippen molar-refractivity contribution < 1.29 is 45.5 Å². The molecule has 2 fully saturated rings. The molecule has 4 aromatic rings. The van der Waals surface area contributed by atoms with E-state index in [0.29, 0.717) is 139 Å². The van der Waals surface area contributed by atoms with Gasteiger partial charge in [0, 0.05) is 100 Å². The summed E-state index contributed by atoms with van der Waals surface area (Å²) in [5.41, 5.74) is 5.92. The van der Waals surface area contributed by atoms with Crippen molar-refractivity contribution in [1.29, 1.82) is 10.5 Å². The Morgan fingerprint density at radius 2 is 0.976 bits per heavy atom. The van der Waals surface area contributed by atoms with E-state index in [2.05, 4.69) is 52.6 Å². The number of benzene rings is 4. The maximum Gasteiger partial charge on any atom is 0.314 e. The average molecular weight is 1230 g/mol. The number of unbranched alkanes of at least 4 members (excludes halogenated alkanes) is 1.